The van der Waals surface area contributed by atoms with E-state index in [1.165, 1.54) is 4.90 Å². The number of amides is 1. The summed E-state index contributed by atoms with van der Waals surface area (Å²) in [5.41, 5.74) is -0.499. The second-order valence-corrected chi connectivity index (χ2v) is 5.75. The highest BCUT2D eigenvalue weighted by atomic mass is 16.6. The number of oxime groups is 1. The summed E-state index contributed by atoms with van der Waals surface area (Å²) >= 11 is 0. The van der Waals surface area contributed by atoms with Gasteiger partial charge in [0.05, 0.1) is 12.5 Å². The van der Waals surface area contributed by atoms with Gasteiger partial charge in [-0.2, -0.15) is 0 Å². The van der Waals surface area contributed by atoms with Crippen LogP contribution in [0.2, 0.25) is 0 Å². The molecule has 0 aliphatic carbocycles. The Kier molecular flexibility index (Phi) is 3.38. The van der Waals surface area contributed by atoms with Crippen LogP contribution >= 0.6 is 0 Å². The molecule has 0 aromatic carbocycles. The molecule has 7 nitrogen and oxygen atoms in total. The van der Waals surface area contributed by atoms with Crippen molar-refractivity contribution in [3.05, 3.63) is 0 Å². The molecule has 2 aliphatic heterocycles. The smallest absolute Gasteiger partial charge is 0.410 e. The lowest BCUT2D eigenvalue weighted by molar-refractivity contribution is -0.129. The van der Waals surface area contributed by atoms with Gasteiger partial charge < -0.3 is 19.6 Å². The third-order valence-electron chi connectivity index (χ3n) is 3.07. The molecule has 0 radical (unpaired) electrons. The Balaban J connectivity index is 1.95. The first kappa shape index (κ1) is 13.6. The molecule has 2 atom stereocenters. The van der Waals surface area contributed by atoms with Crippen LogP contribution < -0.4 is 0 Å². The van der Waals surface area contributed by atoms with Gasteiger partial charge in [0, 0.05) is 6.54 Å². The van der Waals surface area contributed by atoms with Gasteiger partial charge in [-0.15, -0.1) is 0 Å². The number of hydrogen-bond donors (Lipinski definition) is 1. The van der Waals surface area contributed by atoms with Gasteiger partial charge in [0.1, 0.15) is 5.60 Å². The second kappa shape index (κ2) is 4.71. The molecule has 0 bridgehead atoms. The SMILES string of the molecule is CC(C)(C)OC(=O)N1CC[C@H]2C(C(=O)O)=NO[C@H]2C1. The van der Waals surface area contributed by atoms with Crippen LogP contribution in [-0.4, -0.2) is 52.6 Å². The minimum absolute atomic E-state index is 0.0499. The van der Waals surface area contributed by atoms with E-state index >= 15 is 0 Å². The van der Waals surface area contributed by atoms with Crippen LogP contribution in [-0.2, 0) is 14.4 Å². The summed E-state index contributed by atoms with van der Waals surface area (Å²) < 4.78 is 5.28. The summed E-state index contributed by atoms with van der Waals surface area (Å²) in [4.78, 5) is 29.5. The maximum Gasteiger partial charge on any atom is 0.410 e. The van der Waals surface area contributed by atoms with Gasteiger partial charge in [0.25, 0.3) is 0 Å². The topological polar surface area (TPSA) is 88.4 Å². The monoisotopic (exact) mass is 270 g/mol. The Hall–Kier alpha value is -1.79. The highest BCUT2D eigenvalue weighted by Gasteiger charge is 2.43. The average Bonchev–Trinajstić information content (AvgIpc) is 2.68. The largest absolute Gasteiger partial charge is 0.477 e. The lowest BCUT2D eigenvalue weighted by Crippen LogP contribution is -2.49. The highest BCUT2D eigenvalue weighted by molar-refractivity contribution is 6.36. The summed E-state index contributed by atoms with van der Waals surface area (Å²) in [5.74, 6) is -1.30. The predicted octanol–water partition coefficient (Wildman–Crippen LogP) is 1.08. The Morgan fingerprint density at radius 3 is 2.74 bits per heavy atom. The zero-order chi connectivity index (χ0) is 14.2. The van der Waals surface area contributed by atoms with E-state index in [0.717, 1.165) is 0 Å². The first-order chi connectivity index (χ1) is 8.78. The number of carboxylic acid groups (broad SMARTS) is 1. The Labute approximate surface area is 111 Å². The van der Waals surface area contributed by atoms with Crippen molar-refractivity contribution in [1.82, 2.24) is 4.90 Å². The fraction of sp³-hybridized carbons (Fsp3) is 0.750. The number of rotatable bonds is 1. The van der Waals surface area contributed by atoms with Crippen LogP contribution in [0, 0.1) is 5.92 Å². The summed E-state index contributed by atoms with van der Waals surface area (Å²) in [6.07, 6.45) is -0.264. The normalized spacial score (nSPS) is 26.3. The van der Waals surface area contributed by atoms with Crippen molar-refractivity contribution in [3.8, 4) is 0 Å². The number of hydrogen-bond acceptors (Lipinski definition) is 5. The molecular formula is C12H18N2O5. The van der Waals surface area contributed by atoms with E-state index in [-0.39, 0.29) is 17.7 Å². The molecule has 1 fully saturated rings. The highest BCUT2D eigenvalue weighted by Crippen LogP contribution is 2.28. The molecule has 1 amide bonds. The Morgan fingerprint density at radius 2 is 2.16 bits per heavy atom. The average molecular weight is 270 g/mol. The number of carboxylic acids is 1. The molecule has 0 spiro atoms. The Bertz CT molecular complexity index is 426. The molecule has 106 valence electrons. The number of ether oxygens (including phenoxy) is 1. The van der Waals surface area contributed by atoms with E-state index in [9.17, 15) is 9.59 Å². The number of carbonyl (C=O) groups is 2. The van der Waals surface area contributed by atoms with Gasteiger partial charge >= 0.3 is 12.1 Å². The van der Waals surface area contributed by atoms with Gasteiger partial charge in [0.15, 0.2) is 11.8 Å². The van der Waals surface area contributed by atoms with Gasteiger partial charge in [-0.1, -0.05) is 5.16 Å². The van der Waals surface area contributed by atoms with Crippen molar-refractivity contribution >= 4 is 17.8 Å². The molecule has 0 saturated carbocycles. The van der Waals surface area contributed by atoms with Gasteiger partial charge in [-0.05, 0) is 27.2 Å². The van der Waals surface area contributed by atoms with Crippen LogP contribution in [0.5, 0.6) is 0 Å². The van der Waals surface area contributed by atoms with E-state index in [4.69, 9.17) is 14.7 Å². The van der Waals surface area contributed by atoms with Crippen LogP contribution in [0.25, 0.3) is 0 Å². The first-order valence-corrected chi connectivity index (χ1v) is 6.23. The number of aliphatic carboxylic acids is 1. The molecule has 2 rings (SSSR count). The second-order valence-electron chi connectivity index (χ2n) is 5.75. The molecule has 7 heteroatoms. The van der Waals surface area contributed by atoms with Crippen molar-refractivity contribution in [2.45, 2.75) is 38.9 Å². The van der Waals surface area contributed by atoms with E-state index < -0.39 is 17.7 Å². The summed E-state index contributed by atoms with van der Waals surface area (Å²) in [5, 5.41) is 12.6. The third kappa shape index (κ3) is 2.97. The zero-order valence-electron chi connectivity index (χ0n) is 11.3. The van der Waals surface area contributed by atoms with Crippen LogP contribution in [0.3, 0.4) is 0 Å². The molecule has 0 unspecified atom stereocenters. The van der Waals surface area contributed by atoms with Gasteiger partial charge in [-0.25, -0.2) is 9.59 Å². The zero-order valence-corrected chi connectivity index (χ0v) is 11.3. The molecule has 1 saturated heterocycles. The minimum Gasteiger partial charge on any atom is -0.477 e. The van der Waals surface area contributed by atoms with Crippen LogP contribution in [0.1, 0.15) is 27.2 Å². The van der Waals surface area contributed by atoms with Crippen molar-refractivity contribution < 1.29 is 24.3 Å². The summed E-state index contributed by atoms with van der Waals surface area (Å²) in [6.45, 7) is 6.16. The van der Waals surface area contributed by atoms with Crippen LogP contribution in [0.4, 0.5) is 4.79 Å². The standard InChI is InChI=1S/C12H18N2O5/c1-12(2,3)18-11(17)14-5-4-7-8(6-14)19-13-9(7)10(15)16/h7-8H,4-6H2,1-3H3,(H,15,16)/t7-,8+/m1/s1. The van der Waals surface area contributed by atoms with E-state index in [0.29, 0.717) is 19.5 Å². The minimum atomic E-state index is -1.06. The molecule has 0 aromatic rings. The van der Waals surface area contributed by atoms with Crippen LogP contribution in [0.15, 0.2) is 5.16 Å². The number of likely N-dealkylation sites (tertiary alicyclic amines) is 1. The lowest BCUT2D eigenvalue weighted by Gasteiger charge is -2.34. The van der Waals surface area contributed by atoms with Gasteiger partial charge in [0.2, 0.25) is 0 Å². The molecule has 2 aliphatic rings. The maximum atomic E-state index is 11.9. The van der Waals surface area contributed by atoms with Crippen molar-refractivity contribution in [2.24, 2.45) is 11.1 Å². The maximum absolute atomic E-state index is 11.9. The number of nitrogens with zero attached hydrogens (tertiary/aromatic N) is 2. The predicted molar refractivity (Wildman–Crippen MR) is 65.9 cm³/mol. The number of fused-ring (bicyclic) bond motifs is 1. The van der Waals surface area contributed by atoms with Crippen molar-refractivity contribution in [2.75, 3.05) is 13.1 Å². The molecule has 19 heavy (non-hydrogen) atoms. The first-order valence-electron chi connectivity index (χ1n) is 6.23. The summed E-state index contributed by atoms with van der Waals surface area (Å²) in [6, 6.07) is 0. The van der Waals surface area contributed by atoms with Crippen molar-refractivity contribution in [3.63, 3.8) is 0 Å². The quantitative estimate of drug-likeness (QED) is 0.770. The lowest BCUT2D eigenvalue weighted by atomic mass is 9.90. The fourth-order valence-corrected chi connectivity index (χ4v) is 2.22. The fourth-order valence-electron chi connectivity index (χ4n) is 2.22. The van der Waals surface area contributed by atoms with E-state index in [1.54, 1.807) is 20.8 Å². The van der Waals surface area contributed by atoms with E-state index in [2.05, 4.69) is 5.16 Å². The van der Waals surface area contributed by atoms with E-state index in [1.807, 2.05) is 0 Å². The molecular weight excluding hydrogens is 252 g/mol. The summed E-state index contributed by atoms with van der Waals surface area (Å²) in [7, 11) is 0. The molecule has 1 N–H and O–H groups in total. The molecule has 2 heterocycles. The number of carbonyl (C=O) groups excluding carboxylic acids is 1. The third-order valence-corrected chi connectivity index (χ3v) is 3.07. The van der Waals surface area contributed by atoms with Gasteiger partial charge in [-0.3, -0.25) is 0 Å². The van der Waals surface area contributed by atoms with Crippen molar-refractivity contribution in [1.29, 1.82) is 0 Å². The number of piperidine rings is 1. The molecule has 0 aromatic heterocycles. The Morgan fingerprint density at radius 1 is 1.47 bits per heavy atom.